The minimum absolute atomic E-state index is 0.0188. The predicted molar refractivity (Wildman–Crippen MR) is 66.9 cm³/mol. The Hall–Kier alpha value is -1.11. The fourth-order valence-corrected chi connectivity index (χ4v) is 2.94. The number of alkyl halides is 3. The third-order valence-corrected chi connectivity index (χ3v) is 4.11. The van der Waals surface area contributed by atoms with Crippen LogP contribution in [-0.4, -0.2) is 32.2 Å². The zero-order valence-electron chi connectivity index (χ0n) is 11.5. The number of rotatable bonds is 4. The van der Waals surface area contributed by atoms with E-state index in [-0.39, 0.29) is 25.2 Å². The van der Waals surface area contributed by atoms with Crippen LogP contribution in [0.2, 0.25) is 0 Å². The molecule has 1 aliphatic carbocycles. The molecule has 0 radical (unpaired) electrons. The summed E-state index contributed by atoms with van der Waals surface area (Å²) in [7, 11) is 0. The molecule has 1 aromatic heterocycles. The second-order valence-corrected chi connectivity index (χ2v) is 5.43. The maximum atomic E-state index is 12.8. The lowest BCUT2D eigenvalue weighted by molar-refractivity contribution is -0.188. The predicted octanol–water partition coefficient (Wildman–Crippen LogP) is 2.57. The van der Waals surface area contributed by atoms with Crippen molar-refractivity contribution in [2.45, 2.75) is 57.9 Å². The summed E-state index contributed by atoms with van der Waals surface area (Å²) >= 11 is 0. The van der Waals surface area contributed by atoms with Crippen molar-refractivity contribution in [2.24, 2.45) is 11.8 Å². The molecule has 2 rings (SSSR count). The van der Waals surface area contributed by atoms with Crippen LogP contribution in [0.25, 0.3) is 0 Å². The number of hydrogen-bond acceptors (Lipinski definition) is 3. The van der Waals surface area contributed by atoms with Gasteiger partial charge >= 0.3 is 6.18 Å². The summed E-state index contributed by atoms with van der Waals surface area (Å²) in [5, 5.41) is 14.2. The molecular formula is C13H20F3N3O. The molecule has 1 aliphatic rings. The Morgan fingerprint density at radius 3 is 2.85 bits per heavy atom. The van der Waals surface area contributed by atoms with Crippen molar-refractivity contribution in [2.75, 3.05) is 0 Å². The summed E-state index contributed by atoms with van der Waals surface area (Å²) in [6, 6.07) is 0. The molecule has 0 amide bonds. The van der Waals surface area contributed by atoms with Gasteiger partial charge in [0, 0.05) is 13.0 Å². The van der Waals surface area contributed by atoms with Crippen LogP contribution in [0.5, 0.6) is 0 Å². The van der Waals surface area contributed by atoms with Crippen LogP contribution in [0.3, 0.4) is 0 Å². The normalized spacial score (nSPS) is 25.6. The van der Waals surface area contributed by atoms with Gasteiger partial charge in [-0.15, -0.1) is 0 Å². The monoisotopic (exact) mass is 291 g/mol. The number of halogens is 3. The topological polar surface area (TPSA) is 50.9 Å². The number of hydrogen-bond donors (Lipinski definition) is 1. The minimum Gasteiger partial charge on any atom is -0.392 e. The highest BCUT2D eigenvalue weighted by molar-refractivity contribution is 4.91. The second kappa shape index (κ2) is 6.11. The van der Waals surface area contributed by atoms with Gasteiger partial charge in [-0.2, -0.15) is 18.3 Å². The van der Waals surface area contributed by atoms with Crippen molar-refractivity contribution in [1.82, 2.24) is 14.8 Å². The van der Waals surface area contributed by atoms with Crippen molar-refractivity contribution in [3.05, 3.63) is 12.2 Å². The zero-order valence-corrected chi connectivity index (χ0v) is 11.5. The molecule has 114 valence electrons. The number of aliphatic hydroxyl groups excluding tert-OH is 1. The first-order valence-corrected chi connectivity index (χ1v) is 7.03. The fraction of sp³-hybridized carbons (Fsp3) is 0.846. The van der Waals surface area contributed by atoms with E-state index in [1.807, 2.05) is 6.92 Å². The third kappa shape index (κ3) is 3.50. The molecule has 20 heavy (non-hydrogen) atoms. The SMILES string of the molecule is CCn1ncnc1CC(O)C1CCCC(C(F)(F)F)C1. The molecular weight excluding hydrogens is 271 g/mol. The zero-order chi connectivity index (χ0) is 14.8. The molecule has 3 unspecified atom stereocenters. The van der Waals surface area contributed by atoms with Gasteiger partial charge in [-0.25, -0.2) is 4.98 Å². The number of aromatic nitrogens is 3. The second-order valence-electron chi connectivity index (χ2n) is 5.43. The first-order chi connectivity index (χ1) is 9.41. The summed E-state index contributed by atoms with van der Waals surface area (Å²) in [4.78, 5) is 4.06. The van der Waals surface area contributed by atoms with Crippen molar-refractivity contribution in [1.29, 1.82) is 0 Å². The van der Waals surface area contributed by atoms with E-state index in [4.69, 9.17) is 0 Å². The maximum Gasteiger partial charge on any atom is 0.391 e. The Kier molecular flexibility index (Phi) is 4.67. The average molecular weight is 291 g/mol. The molecule has 1 heterocycles. The first kappa shape index (κ1) is 15.3. The standard InChI is InChI=1S/C13H20F3N3O/c1-2-19-12(17-8-18-19)7-11(20)9-4-3-5-10(6-9)13(14,15)16/h8-11,20H,2-7H2,1H3. The Labute approximate surface area is 116 Å². The molecule has 1 aromatic rings. The molecule has 1 saturated carbocycles. The van der Waals surface area contributed by atoms with Gasteiger partial charge in [0.15, 0.2) is 0 Å². The molecule has 0 aliphatic heterocycles. The van der Waals surface area contributed by atoms with Crippen molar-refractivity contribution in [3.63, 3.8) is 0 Å². The van der Waals surface area contributed by atoms with E-state index in [1.54, 1.807) is 4.68 Å². The van der Waals surface area contributed by atoms with Crippen LogP contribution >= 0.6 is 0 Å². The molecule has 0 spiro atoms. The quantitative estimate of drug-likeness (QED) is 0.927. The van der Waals surface area contributed by atoms with Crippen LogP contribution < -0.4 is 0 Å². The molecule has 4 nitrogen and oxygen atoms in total. The number of aryl methyl sites for hydroxylation is 1. The summed E-state index contributed by atoms with van der Waals surface area (Å²) in [5.74, 6) is -0.952. The number of aliphatic hydroxyl groups is 1. The molecule has 0 aromatic carbocycles. The van der Waals surface area contributed by atoms with Gasteiger partial charge in [0.1, 0.15) is 12.2 Å². The Morgan fingerprint density at radius 2 is 2.20 bits per heavy atom. The molecule has 0 saturated heterocycles. The molecule has 7 heteroatoms. The van der Waals surface area contributed by atoms with Crippen LogP contribution in [0.15, 0.2) is 6.33 Å². The van der Waals surface area contributed by atoms with Crippen LogP contribution in [0.1, 0.15) is 38.4 Å². The maximum absolute atomic E-state index is 12.8. The largest absolute Gasteiger partial charge is 0.392 e. The smallest absolute Gasteiger partial charge is 0.391 e. The molecule has 0 bridgehead atoms. The molecule has 1 N–H and O–H groups in total. The van der Waals surface area contributed by atoms with Gasteiger partial charge in [0.25, 0.3) is 0 Å². The van der Waals surface area contributed by atoms with E-state index >= 15 is 0 Å². The van der Waals surface area contributed by atoms with Crippen LogP contribution in [0, 0.1) is 11.8 Å². The Bertz CT molecular complexity index is 433. The van der Waals surface area contributed by atoms with E-state index in [0.29, 0.717) is 25.2 Å². The summed E-state index contributed by atoms with van der Waals surface area (Å²) in [6.45, 7) is 2.54. The lowest BCUT2D eigenvalue weighted by Crippen LogP contribution is -2.34. The van der Waals surface area contributed by atoms with E-state index in [1.165, 1.54) is 6.33 Å². The van der Waals surface area contributed by atoms with E-state index < -0.39 is 18.2 Å². The van der Waals surface area contributed by atoms with Gasteiger partial charge in [-0.3, -0.25) is 4.68 Å². The van der Waals surface area contributed by atoms with Crippen LogP contribution in [-0.2, 0) is 13.0 Å². The lowest BCUT2D eigenvalue weighted by Gasteiger charge is -2.33. The van der Waals surface area contributed by atoms with Crippen LogP contribution in [0.4, 0.5) is 13.2 Å². The molecule has 3 atom stereocenters. The van der Waals surface area contributed by atoms with Crippen molar-refractivity contribution < 1.29 is 18.3 Å². The van der Waals surface area contributed by atoms with E-state index in [2.05, 4.69) is 10.1 Å². The summed E-state index contributed by atoms with van der Waals surface area (Å²) in [5.41, 5.74) is 0. The lowest BCUT2D eigenvalue weighted by atomic mass is 9.77. The highest BCUT2D eigenvalue weighted by Gasteiger charge is 2.43. The van der Waals surface area contributed by atoms with Gasteiger partial charge in [0.05, 0.1) is 12.0 Å². The highest BCUT2D eigenvalue weighted by atomic mass is 19.4. The van der Waals surface area contributed by atoms with Crippen molar-refractivity contribution in [3.8, 4) is 0 Å². The average Bonchev–Trinajstić information content (AvgIpc) is 2.85. The Morgan fingerprint density at radius 1 is 1.45 bits per heavy atom. The van der Waals surface area contributed by atoms with E-state index in [0.717, 1.165) is 0 Å². The fourth-order valence-electron chi connectivity index (χ4n) is 2.94. The first-order valence-electron chi connectivity index (χ1n) is 7.03. The van der Waals surface area contributed by atoms with Gasteiger partial charge in [-0.1, -0.05) is 6.42 Å². The van der Waals surface area contributed by atoms with E-state index in [9.17, 15) is 18.3 Å². The minimum atomic E-state index is -4.15. The summed E-state index contributed by atoms with van der Waals surface area (Å²) in [6.07, 6.45) is -1.89. The Balaban J connectivity index is 1.97. The summed E-state index contributed by atoms with van der Waals surface area (Å²) < 4.78 is 40.0. The molecule has 1 fully saturated rings. The van der Waals surface area contributed by atoms with Gasteiger partial charge in [0.2, 0.25) is 0 Å². The van der Waals surface area contributed by atoms with Gasteiger partial charge in [-0.05, 0) is 32.1 Å². The highest BCUT2D eigenvalue weighted by Crippen LogP contribution is 2.41. The number of nitrogens with zero attached hydrogens (tertiary/aromatic N) is 3. The van der Waals surface area contributed by atoms with Gasteiger partial charge < -0.3 is 5.11 Å². The third-order valence-electron chi connectivity index (χ3n) is 4.11. The van der Waals surface area contributed by atoms with Crippen molar-refractivity contribution >= 4 is 0 Å².